The van der Waals surface area contributed by atoms with Gasteiger partial charge in [-0.15, -0.1) is 0 Å². The van der Waals surface area contributed by atoms with E-state index in [4.69, 9.17) is 16.7 Å². The molecule has 0 aliphatic rings. The van der Waals surface area contributed by atoms with Crippen LogP contribution in [0.4, 0.5) is 8.78 Å². The van der Waals surface area contributed by atoms with Crippen molar-refractivity contribution in [2.24, 2.45) is 0 Å². The molecule has 0 radical (unpaired) electrons. The van der Waals surface area contributed by atoms with Crippen LogP contribution >= 0.6 is 11.6 Å². The molecule has 5 nitrogen and oxygen atoms in total. The van der Waals surface area contributed by atoms with Crippen LogP contribution in [0.15, 0.2) is 24.3 Å². The SMILES string of the molecule is O=C(O)C(CF)(CF)NS(=O)(=O)Cc1ccc(Cl)cc1. The molecule has 0 heterocycles. The van der Waals surface area contributed by atoms with E-state index < -0.39 is 40.6 Å². The third-order valence-corrected chi connectivity index (χ3v) is 4.15. The quantitative estimate of drug-likeness (QED) is 0.795. The highest BCUT2D eigenvalue weighted by Crippen LogP contribution is 2.15. The number of hydrogen-bond donors (Lipinski definition) is 2. The number of sulfonamides is 1. The highest BCUT2D eigenvalue weighted by Gasteiger charge is 2.43. The molecule has 1 aromatic rings. The van der Waals surface area contributed by atoms with Gasteiger partial charge in [0, 0.05) is 5.02 Å². The van der Waals surface area contributed by atoms with Gasteiger partial charge in [-0.2, -0.15) is 4.72 Å². The number of carboxylic acids is 1. The van der Waals surface area contributed by atoms with Gasteiger partial charge in [0.1, 0.15) is 13.3 Å². The smallest absolute Gasteiger partial charge is 0.330 e. The van der Waals surface area contributed by atoms with Crippen molar-refractivity contribution in [1.29, 1.82) is 0 Å². The number of carbonyl (C=O) groups is 1. The monoisotopic (exact) mass is 327 g/mol. The van der Waals surface area contributed by atoms with Crippen LogP contribution in [0.3, 0.4) is 0 Å². The van der Waals surface area contributed by atoms with Crippen molar-refractivity contribution >= 4 is 27.6 Å². The van der Waals surface area contributed by atoms with Gasteiger partial charge in [0.15, 0.2) is 5.54 Å². The molecule has 0 atom stereocenters. The number of alkyl halides is 2. The van der Waals surface area contributed by atoms with Crippen LogP contribution in [0.5, 0.6) is 0 Å². The van der Waals surface area contributed by atoms with E-state index in [1.165, 1.54) is 24.3 Å². The van der Waals surface area contributed by atoms with Crippen molar-refractivity contribution in [3.8, 4) is 0 Å². The molecule has 0 aliphatic heterocycles. The fourth-order valence-corrected chi connectivity index (χ4v) is 3.00. The zero-order chi connectivity index (χ0) is 15.4. The maximum Gasteiger partial charge on any atom is 0.330 e. The lowest BCUT2D eigenvalue weighted by molar-refractivity contribution is -0.145. The van der Waals surface area contributed by atoms with Gasteiger partial charge in [-0.3, -0.25) is 0 Å². The number of carboxylic acid groups (broad SMARTS) is 1. The topological polar surface area (TPSA) is 83.5 Å². The first kappa shape index (κ1) is 16.8. The van der Waals surface area contributed by atoms with Gasteiger partial charge >= 0.3 is 5.97 Å². The third kappa shape index (κ3) is 4.12. The second-order valence-corrected chi connectivity index (χ2v) is 6.30. The van der Waals surface area contributed by atoms with E-state index in [1.807, 2.05) is 0 Å². The molecule has 0 aromatic heterocycles. The van der Waals surface area contributed by atoms with E-state index in [9.17, 15) is 22.0 Å². The van der Waals surface area contributed by atoms with Crippen molar-refractivity contribution in [3.05, 3.63) is 34.9 Å². The molecule has 0 fully saturated rings. The summed E-state index contributed by atoms with van der Waals surface area (Å²) in [7, 11) is -4.23. The fourth-order valence-electron chi connectivity index (χ4n) is 1.38. The van der Waals surface area contributed by atoms with Crippen LogP contribution in [0.25, 0.3) is 0 Å². The van der Waals surface area contributed by atoms with E-state index in [-0.39, 0.29) is 0 Å². The van der Waals surface area contributed by atoms with Crippen molar-refractivity contribution in [3.63, 3.8) is 0 Å². The van der Waals surface area contributed by atoms with Crippen LogP contribution in [-0.2, 0) is 20.6 Å². The van der Waals surface area contributed by atoms with Crippen LogP contribution in [0.2, 0.25) is 5.02 Å². The molecule has 0 bridgehead atoms. The van der Waals surface area contributed by atoms with Crippen molar-refractivity contribution in [2.75, 3.05) is 13.3 Å². The van der Waals surface area contributed by atoms with Crippen molar-refractivity contribution < 1.29 is 27.1 Å². The van der Waals surface area contributed by atoms with Crippen molar-refractivity contribution in [2.45, 2.75) is 11.3 Å². The number of benzene rings is 1. The molecule has 0 aliphatic carbocycles. The standard InChI is InChI=1S/C11H12ClF2NO4S/c12-9-3-1-8(2-4-9)5-20(18,19)15-11(6-13,7-14)10(16)17/h1-4,15H,5-7H2,(H,16,17). The molecular formula is C11H12ClF2NO4S. The molecule has 0 saturated carbocycles. The van der Waals surface area contributed by atoms with E-state index in [0.717, 1.165) is 0 Å². The Labute approximate surface area is 119 Å². The minimum Gasteiger partial charge on any atom is -0.480 e. The second-order valence-electron chi connectivity index (χ2n) is 4.14. The van der Waals surface area contributed by atoms with Gasteiger partial charge in [-0.1, -0.05) is 23.7 Å². The second kappa shape index (κ2) is 6.47. The van der Waals surface area contributed by atoms with E-state index in [1.54, 1.807) is 4.72 Å². The lowest BCUT2D eigenvalue weighted by Gasteiger charge is -2.23. The van der Waals surface area contributed by atoms with Crippen molar-refractivity contribution in [1.82, 2.24) is 4.72 Å². The number of hydrogen-bond acceptors (Lipinski definition) is 3. The van der Waals surface area contributed by atoms with Gasteiger partial charge in [-0.25, -0.2) is 22.0 Å². The summed E-state index contributed by atoms with van der Waals surface area (Å²) in [5, 5.41) is 9.16. The average Bonchev–Trinajstić information content (AvgIpc) is 2.38. The van der Waals surface area contributed by atoms with Crippen LogP contribution in [0.1, 0.15) is 5.56 Å². The van der Waals surface area contributed by atoms with Gasteiger partial charge in [0.2, 0.25) is 10.0 Å². The third-order valence-electron chi connectivity index (χ3n) is 2.49. The molecule has 0 unspecified atom stereocenters. The first-order chi connectivity index (χ1) is 9.24. The summed E-state index contributed by atoms with van der Waals surface area (Å²) in [5.41, 5.74) is -2.48. The minimum atomic E-state index is -4.23. The Kier molecular flexibility index (Phi) is 5.43. The predicted octanol–water partition coefficient (Wildman–Crippen LogP) is 1.52. The molecule has 1 aromatic carbocycles. The maximum atomic E-state index is 12.7. The summed E-state index contributed by atoms with van der Waals surface area (Å²) < 4.78 is 50.6. The molecule has 2 N–H and O–H groups in total. The summed E-state index contributed by atoms with van der Waals surface area (Å²) in [6.07, 6.45) is 0. The first-order valence-electron chi connectivity index (χ1n) is 5.36. The minimum absolute atomic E-state index is 0.305. The highest BCUT2D eigenvalue weighted by molar-refractivity contribution is 7.88. The zero-order valence-corrected chi connectivity index (χ0v) is 11.7. The fraction of sp³-hybridized carbons (Fsp3) is 0.364. The Balaban J connectivity index is 2.94. The summed E-state index contributed by atoms with van der Waals surface area (Å²) in [4.78, 5) is 10.8. The number of nitrogens with one attached hydrogen (secondary N) is 1. The van der Waals surface area contributed by atoms with E-state index in [2.05, 4.69) is 0 Å². The lowest BCUT2D eigenvalue weighted by atomic mass is 10.1. The Morgan fingerprint density at radius 2 is 1.75 bits per heavy atom. The lowest BCUT2D eigenvalue weighted by Crippen LogP contribution is -2.58. The van der Waals surface area contributed by atoms with E-state index in [0.29, 0.717) is 10.6 Å². The first-order valence-corrected chi connectivity index (χ1v) is 7.39. The van der Waals surface area contributed by atoms with Gasteiger partial charge in [0.05, 0.1) is 5.75 Å². The zero-order valence-electron chi connectivity index (χ0n) is 10.1. The Morgan fingerprint density at radius 3 is 2.15 bits per heavy atom. The Hall–Kier alpha value is -1.25. The average molecular weight is 328 g/mol. The van der Waals surface area contributed by atoms with Crippen LogP contribution in [0, 0.1) is 0 Å². The number of aliphatic carboxylic acids is 1. The van der Waals surface area contributed by atoms with Gasteiger partial charge < -0.3 is 5.11 Å². The maximum absolute atomic E-state index is 12.7. The van der Waals surface area contributed by atoms with Gasteiger partial charge in [-0.05, 0) is 17.7 Å². The number of rotatable bonds is 7. The molecule has 1 rings (SSSR count). The van der Waals surface area contributed by atoms with Gasteiger partial charge in [0.25, 0.3) is 0 Å². The summed E-state index contributed by atoms with van der Waals surface area (Å²) in [6, 6.07) is 5.71. The predicted molar refractivity (Wildman–Crippen MR) is 69.5 cm³/mol. The van der Waals surface area contributed by atoms with Crippen LogP contribution < -0.4 is 4.72 Å². The van der Waals surface area contributed by atoms with E-state index >= 15 is 0 Å². The number of halogens is 3. The normalized spacial score (nSPS) is 12.3. The summed E-state index contributed by atoms with van der Waals surface area (Å²) >= 11 is 5.63. The molecule has 0 saturated heterocycles. The molecule has 9 heteroatoms. The molecule has 20 heavy (non-hydrogen) atoms. The largest absolute Gasteiger partial charge is 0.480 e. The summed E-state index contributed by atoms with van der Waals surface area (Å²) in [6.45, 7) is -3.39. The van der Waals surface area contributed by atoms with Crippen LogP contribution in [-0.4, -0.2) is 38.4 Å². The Morgan fingerprint density at radius 1 is 1.25 bits per heavy atom. The Bertz CT molecular complexity index is 573. The molecule has 0 spiro atoms. The summed E-state index contributed by atoms with van der Waals surface area (Å²) in [5.74, 6) is -2.53. The molecular weight excluding hydrogens is 316 g/mol. The molecule has 0 amide bonds. The highest BCUT2D eigenvalue weighted by atomic mass is 35.5. The molecule has 112 valence electrons.